The van der Waals surface area contributed by atoms with E-state index in [1.807, 2.05) is 42.5 Å². The lowest BCUT2D eigenvalue weighted by molar-refractivity contribution is 1.41. The number of aryl methyl sites for hydroxylation is 1. The molecule has 0 N–H and O–H groups in total. The van der Waals surface area contributed by atoms with Crippen LogP contribution in [0.4, 0.5) is 11.4 Å². The van der Waals surface area contributed by atoms with Gasteiger partial charge in [0.25, 0.3) is 0 Å². The van der Waals surface area contributed by atoms with Crippen molar-refractivity contribution < 1.29 is 0 Å². The molecule has 0 amide bonds. The highest BCUT2D eigenvalue weighted by Crippen LogP contribution is 2.21. The Balaban J connectivity index is 2.23. The molecule has 0 aliphatic rings. The van der Waals surface area contributed by atoms with Crippen molar-refractivity contribution in [1.29, 1.82) is 0 Å². The molecule has 0 saturated carbocycles. The fourth-order valence-electron chi connectivity index (χ4n) is 1.34. The molecule has 2 nitrogen and oxygen atoms in total. The van der Waals surface area contributed by atoms with Gasteiger partial charge in [-0.1, -0.05) is 24.3 Å². The minimum atomic E-state index is 0.860. The molecule has 0 saturated heterocycles. The molecule has 0 spiro atoms. The largest absolute Gasteiger partial charge is 0.188 e. The number of aliphatic imine (C=N–C) groups is 2. The maximum atomic E-state index is 4.22. The van der Waals surface area contributed by atoms with Crippen molar-refractivity contribution in [3.63, 3.8) is 0 Å². The average molecular weight is 334 g/mol. The molecule has 0 unspecified atom stereocenters. The summed E-state index contributed by atoms with van der Waals surface area (Å²) in [4.78, 5) is 8.36. The Hall–Kier alpha value is -1.45. The summed E-state index contributed by atoms with van der Waals surface area (Å²) in [5.74, 6) is 0. The molecule has 0 heterocycles. The number of para-hydroxylation sites is 1. The Morgan fingerprint density at radius 3 is 2.47 bits per heavy atom. The number of benzene rings is 2. The fourth-order valence-corrected chi connectivity index (χ4v) is 2.13. The molecule has 0 aliphatic heterocycles. The van der Waals surface area contributed by atoms with Crippen LogP contribution in [0.25, 0.3) is 0 Å². The van der Waals surface area contributed by atoms with Crippen LogP contribution in [-0.4, -0.2) is 6.01 Å². The first-order valence-electron chi connectivity index (χ1n) is 5.23. The Bertz CT molecular complexity index is 570. The van der Waals surface area contributed by atoms with Crippen LogP contribution in [0, 0.1) is 10.5 Å². The van der Waals surface area contributed by atoms with Crippen LogP contribution in [-0.2, 0) is 0 Å². The lowest BCUT2D eigenvalue weighted by Crippen LogP contribution is -1.75. The lowest BCUT2D eigenvalue weighted by atomic mass is 10.2. The Kier molecular flexibility index (Phi) is 4.07. The Morgan fingerprint density at radius 2 is 1.76 bits per heavy atom. The number of hydrogen-bond donors (Lipinski definition) is 0. The second-order valence-electron chi connectivity index (χ2n) is 3.61. The number of rotatable bonds is 2. The van der Waals surface area contributed by atoms with E-state index in [2.05, 4.69) is 51.6 Å². The lowest BCUT2D eigenvalue weighted by Gasteiger charge is -1.96. The highest BCUT2D eigenvalue weighted by atomic mass is 127. The quantitative estimate of drug-likeness (QED) is 0.560. The van der Waals surface area contributed by atoms with E-state index in [9.17, 15) is 0 Å². The zero-order valence-electron chi connectivity index (χ0n) is 9.39. The third-order valence-electron chi connectivity index (χ3n) is 2.21. The zero-order valence-corrected chi connectivity index (χ0v) is 11.5. The van der Waals surface area contributed by atoms with Crippen LogP contribution < -0.4 is 0 Å². The molecule has 0 bridgehead atoms. The monoisotopic (exact) mass is 334 g/mol. The third kappa shape index (κ3) is 3.51. The van der Waals surface area contributed by atoms with E-state index in [0.29, 0.717) is 0 Å². The van der Waals surface area contributed by atoms with Crippen LogP contribution in [0.1, 0.15) is 5.56 Å². The van der Waals surface area contributed by atoms with Gasteiger partial charge in [0, 0.05) is 3.57 Å². The molecule has 0 atom stereocenters. The molecule has 3 heteroatoms. The van der Waals surface area contributed by atoms with Gasteiger partial charge in [0.15, 0.2) is 0 Å². The van der Waals surface area contributed by atoms with E-state index < -0.39 is 0 Å². The molecule has 0 aliphatic carbocycles. The van der Waals surface area contributed by atoms with Crippen LogP contribution in [0.5, 0.6) is 0 Å². The van der Waals surface area contributed by atoms with Gasteiger partial charge in [-0.3, -0.25) is 0 Å². The minimum absolute atomic E-state index is 0.860. The van der Waals surface area contributed by atoms with Crippen molar-refractivity contribution in [3.8, 4) is 0 Å². The minimum Gasteiger partial charge on any atom is -0.188 e. The molecule has 0 radical (unpaired) electrons. The summed E-state index contributed by atoms with van der Waals surface area (Å²) in [7, 11) is 0. The van der Waals surface area contributed by atoms with Crippen molar-refractivity contribution in [1.82, 2.24) is 0 Å². The summed E-state index contributed by atoms with van der Waals surface area (Å²) in [5.41, 5.74) is 2.99. The van der Waals surface area contributed by atoms with Gasteiger partial charge in [0.1, 0.15) is 6.01 Å². The molecule has 84 valence electrons. The Labute approximate surface area is 114 Å². The maximum Gasteiger partial charge on any atom is 0.101 e. The highest BCUT2D eigenvalue weighted by Gasteiger charge is 1.96. The highest BCUT2D eigenvalue weighted by molar-refractivity contribution is 14.1. The number of halogens is 1. The van der Waals surface area contributed by atoms with E-state index in [0.717, 1.165) is 14.9 Å². The first-order chi connectivity index (χ1) is 8.25. The van der Waals surface area contributed by atoms with E-state index in [-0.39, 0.29) is 0 Å². The summed E-state index contributed by atoms with van der Waals surface area (Å²) in [6.07, 6.45) is 0. The molecule has 2 aromatic rings. The van der Waals surface area contributed by atoms with E-state index >= 15 is 0 Å². The SMILES string of the molecule is Cc1ccc(N=C=Nc2ccccc2)c(I)c1. The van der Waals surface area contributed by atoms with Crippen molar-refractivity contribution in [3.05, 3.63) is 57.7 Å². The van der Waals surface area contributed by atoms with Gasteiger partial charge in [0.05, 0.1) is 11.4 Å². The van der Waals surface area contributed by atoms with Crippen molar-refractivity contribution in [2.24, 2.45) is 9.98 Å². The van der Waals surface area contributed by atoms with Gasteiger partial charge in [-0.25, -0.2) is 0 Å². The second-order valence-corrected chi connectivity index (χ2v) is 4.78. The van der Waals surface area contributed by atoms with Gasteiger partial charge in [-0.2, -0.15) is 9.98 Å². The van der Waals surface area contributed by atoms with Gasteiger partial charge in [-0.05, 0) is 59.3 Å². The van der Waals surface area contributed by atoms with Crippen molar-refractivity contribution >= 4 is 40.0 Å². The van der Waals surface area contributed by atoms with Crippen LogP contribution >= 0.6 is 22.6 Å². The molecular formula is C14H11IN2. The second kappa shape index (κ2) is 5.75. The van der Waals surface area contributed by atoms with Crippen LogP contribution in [0.3, 0.4) is 0 Å². The first kappa shape index (κ1) is 12.0. The normalized spacial score (nSPS) is 9.53. The predicted molar refractivity (Wildman–Crippen MR) is 79.5 cm³/mol. The molecule has 0 aromatic heterocycles. The standard InChI is InChI=1S/C14H11IN2/c1-11-7-8-14(13(15)9-11)17-10-16-12-5-3-2-4-6-12/h2-9H,1H3. The summed E-state index contributed by atoms with van der Waals surface area (Å²) in [6, 6.07) is 18.5. The molecule has 2 rings (SSSR count). The predicted octanol–water partition coefficient (Wildman–Crippen LogP) is 4.74. The molecule has 2 aromatic carbocycles. The molecule has 17 heavy (non-hydrogen) atoms. The summed E-state index contributed by atoms with van der Waals surface area (Å²) in [5, 5.41) is 0. The molecule has 0 fully saturated rings. The van der Waals surface area contributed by atoms with E-state index in [4.69, 9.17) is 0 Å². The topological polar surface area (TPSA) is 24.7 Å². The van der Waals surface area contributed by atoms with Gasteiger partial charge in [-0.15, -0.1) is 0 Å². The number of hydrogen-bond acceptors (Lipinski definition) is 2. The maximum absolute atomic E-state index is 4.22. The van der Waals surface area contributed by atoms with Crippen molar-refractivity contribution in [2.75, 3.05) is 0 Å². The van der Waals surface area contributed by atoms with Crippen LogP contribution in [0.2, 0.25) is 0 Å². The first-order valence-corrected chi connectivity index (χ1v) is 6.31. The fraction of sp³-hybridized carbons (Fsp3) is 0.0714. The van der Waals surface area contributed by atoms with E-state index in [1.54, 1.807) is 0 Å². The summed E-state index contributed by atoms with van der Waals surface area (Å²) < 4.78 is 1.11. The van der Waals surface area contributed by atoms with Crippen molar-refractivity contribution in [2.45, 2.75) is 6.92 Å². The molecular weight excluding hydrogens is 323 g/mol. The summed E-state index contributed by atoms with van der Waals surface area (Å²) in [6.45, 7) is 2.06. The Morgan fingerprint density at radius 1 is 1.00 bits per heavy atom. The smallest absolute Gasteiger partial charge is 0.101 e. The van der Waals surface area contributed by atoms with Gasteiger partial charge < -0.3 is 0 Å². The van der Waals surface area contributed by atoms with Gasteiger partial charge >= 0.3 is 0 Å². The number of nitrogens with zero attached hydrogens (tertiary/aromatic N) is 2. The van der Waals surface area contributed by atoms with E-state index in [1.165, 1.54) is 5.56 Å². The zero-order chi connectivity index (χ0) is 12.1. The van der Waals surface area contributed by atoms with Gasteiger partial charge in [0.2, 0.25) is 0 Å². The third-order valence-corrected chi connectivity index (χ3v) is 3.07. The van der Waals surface area contributed by atoms with Crippen LogP contribution in [0.15, 0.2) is 58.5 Å². The average Bonchev–Trinajstić information content (AvgIpc) is 2.33. The summed E-state index contributed by atoms with van der Waals surface area (Å²) >= 11 is 2.26.